The van der Waals surface area contributed by atoms with E-state index in [2.05, 4.69) is 16.9 Å². The summed E-state index contributed by atoms with van der Waals surface area (Å²) in [7, 11) is 0. The van der Waals surface area contributed by atoms with Crippen molar-refractivity contribution in [3.8, 4) is 0 Å². The first kappa shape index (κ1) is 9.55. The number of nitrogens with zero attached hydrogens (tertiary/aromatic N) is 1. The molecule has 68 valence electrons. The van der Waals surface area contributed by atoms with Crippen LogP contribution in [0.25, 0.3) is 0 Å². The maximum Gasteiger partial charge on any atom is 0.150 e. The van der Waals surface area contributed by atoms with Crippen molar-refractivity contribution < 1.29 is 5.11 Å². The van der Waals surface area contributed by atoms with Crippen molar-refractivity contribution in [2.24, 2.45) is 0 Å². The summed E-state index contributed by atoms with van der Waals surface area (Å²) < 4.78 is 0. The van der Waals surface area contributed by atoms with Gasteiger partial charge < -0.3 is 10.1 Å². The normalized spacial score (nSPS) is 10.6. The SMILES string of the molecule is CCCc1nc(Cl)c(CCO)[nH]1. The van der Waals surface area contributed by atoms with Gasteiger partial charge in [-0.3, -0.25) is 0 Å². The van der Waals surface area contributed by atoms with Crippen molar-refractivity contribution in [2.75, 3.05) is 6.61 Å². The summed E-state index contributed by atoms with van der Waals surface area (Å²) in [4.78, 5) is 7.20. The first-order valence-corrected chi connectivity index (χ1v) is 4.49. The number of H-pyrrole nitrogens is 1. The highest BCUT2D eigenvalue weighted by molar-refractivity contribution is 6.30. The molecule has 0 unspecified atom stereocenters. The smallest absolute Gasteiger partial charge is 0.150 e. The molecule has 1 aromatic rings. The Morgan fingerprint density at radius 2 is 2.25 bits per heavy atom. The molecule has 1 rings (SSSR count). The van der Waals surface area contributed by atoms with Gasteiger partial charge in [-0.15, -0.1) is 0 Å². The molecule has 3 nitrogen and oxygen atoms in total. The summed E-state index contributed by atoms with van der Waals surface area (Å²) >= 11 is 5.81. The van der Waals surface area contributed by atoms with Crippen LogP contribution < -0.4 is 0 Å². The molecule has 0 aliphatic heterocycles. The molecule has 0 fully saturated rings. The van der Waals surface area contributed by atoms with Crippen molar-refractivity contribution in [1.29, 1.82) is 0 Å². The van der Waals surface area contributed by atoms with Crippen molar-refractivity contribution in [2.45, 2.75) is 26.2 Å². The van der Waals surface area contributed by atoms with Gasteiger partial charge in [0.05, 0.1) is 5.69 Å². The number of hydrogen-bond donors (Lipinski definition) is 2. The van der Waals surface area contributed by atoms with Crippen LogP contribution in [0.15, 0.2) is 0 Å². The van der Waals surface area contributed by atoms with Crippen LogP contribution in [0.5, 0.6) is 0 Å². The van der Waals surface area contributed by atoms with Crippen LogP contribution >= 0.6 is 11.6 Å². The van der Waals surface area contributed by atoms with Gasteiger partial charge in [0.25, 0.3) is 0 Å². The Hall–Kier alpha value is -0.540. The van der Waals surface area contributed by atoms with Gasteiger partial charge >= 0.3 is 0 Å². The second-order valence-corrected chi connectivity index (χ2v) is 3.03. The number of aryl methyl sites for hydroxylation is 1. The predicted molar refractivity (Wildman–Crippen MR) is 48.4 cm³/mol. The fraction of sp³-hybridized carbons (Fsp3) is 0.625. The summed E-state index contributed by atoms with van der Waals surface area (Å²) in [5, 5.41) is 9.17. The number of aromatic amines is 1. The summed E-state index contributed by atoms with van der Waals surface area (Å²) in [6, 6.07) is 0. The van der Waals surface area contributed by atoms with Crippen LogP contribution in [0.3, 0.4) is 0 Å². The Bertz CT molecular complexity index is 247. The molecule has 1 aromatic heterocycles. The first-order valence-electron chi connectivity index (χ1n) is 4.12. The largest absolute Gasteiger partial charge is 0.396 e. The van der Waals surface area contributed by atoms with Crippen molar-refractivity contribution >= 4 is 11.6 Å². The van der Waals surface area contributed by atoms with Crippen LogP contribution in [0, 0.1) is 0 Å². The Kier molecular flexibility index (Phi) is 3.56. The number of imidazole rings is 1. The topological polar surface area (TPSA) is 48.9 Å². The van der Waals surface area contributed by atoms with Crippen LogP contribution in [0.2, 0.25) is 5.15 Å². The minimum absolute atomic E-state index is 0.105. The minimum atomic E-state index is 0.105. The fourth-order valence-electron chi connectivity index (χ4n) is 1.07. The number of rotatable bonds is 4. The second-order valence-electron chi connectivity index (χ2n) is 2.68. The first-order chi connectivity index (χ1) is 5.77. The molecule has 0 saturated carbocycles. The molecule has 12 heavy (non-hydrogen) atoms. The lowest BCUT2D eigenvalue weighted by molar-refractivity contribution is 0.298. The van der Waals surface area contributed by atoms with E-state index in [0.29, 0.717) is 11.6 Å². The lowest BCUT2D eigenvalue weighted by Gasteiger charge is -1.91. The van der Waals surface area contributed by atoms with E-state index in [1.165, 1.54) is 0 Å². The number of hydrogen-bond acceptors (Lipinski definition) is 2. The predicted octanol–water partition coefficient (Wildman–Crippen LogP) is 1.55. The molecular weight excluding hydrogens is 176 g/mol. The van der Waals surface area contributed by atoms with Crippen LogP contribution in [0.1, 0.15) is 24.9 Å². The van der Waals surface area contributed by atoms with E-state index >= 15 is 0 Å². The third-order valence-electron chi connectivity index (χ3n) is 1.63. The molecule has 0 spiro atoms. The summed E-state index contributed by atoms with van der Waals surface area (Å²) in [6.45, 7) is 2.19. The highest BCUT2D eigenvalue weighted by atomic mass is 35.5. The molecule has 0 aliphatic carbocycles. The van der Waals surface area contributed by atoms with E-state index in [1.807, 2.05) is 0 Å². The second kappa shape index (κ2) is 4.48. The average molecular weight is 189 g/mol. The molecule has 1 heterocycles. The highest BCUT2D eigenvalue weighted by Gasteiger charge is 2.05. The summed E-state index contributed by atoms with van der Waals surface area (Å²) in [5.41, 5.74) is 0.836. The Morgan fingerprint density at radius 3 is 2.83 bits per heavy atom. The molecule has 4 heteroatoms. The number of aromatic nitrogens is 2. The van der Waals surface area contributed by atoms with Gasteiger partial charge in [-0.1, -0.05) is 18.5 Å². The zero-order chi connectivity index (χ0) is 8.97. The van der Waals surface area contributed by atoms with Gasteiger partial charge in [0.2, 0.25) is 0 Å². The zero-order valence-corrected chi connectivity index (χ0v) is 7.86. The van der Waals surface area contributed by atoms with Crippen LogP contribution in [0.4, 0.5) is 0 Å². The van der Waals surface area contributed by atoms with Gasteiger partial charge in [-0.2, -0.15) is 0 Å². The van der Waals surface area contributed by atoms with Gasteiger partial charge in [-0.05, 0) is 6.42 Å². The Balaban J connectivity index is 2.70. The quantitative estimate of drug-likeness (QED) is 0.754. The number of aliphatic hydroxyl groups is 1. The molecule has 0 aromatic carbocycles. The minimum Gasteiger partial charge on any atom is -0.396 e. The van der Waals surface area contributed by atoms with Crippen LogP contribution in [-0.2, 0) is 12.8 Å². The zero-order valence-electron chi connectivity index (χ0n) is 7.10. The molecule has 0 amide bonds. The van der Waals surface area contributed by atoms with E-state index < -0.39 is 0 Å². The molecule has 2 N–H and O–H groups in total. The molecule has 0 atom stereocenters. The summed E-state index contributed by atoms with van der Waals surface area (Å²) in [5.74, 6) is 0.908. The van der Waals surface area contributed by atoms with Gasteiger partial charge in [-0.25, -0.2) is 4.98 Å². The Morgan fingerprint density at radius 1 is 1.50 bits per heavy atom. The molecule has 0 saturated heterocycles. The molecule has 0 aliphatic rings. The lowest BCUT2D eigenvalue weighted by Crippen LogP contribution is -1.92. The molecule has 0 bridgehead atoms. The maximum absolute atomic E-state index is 8.68. The number of halogens is 1. The van der Waals surface area contributed by atoms with E-state index in [0.717, 1.165) is 24.4 Å². The fourth-order valence-corrected chi connectivity index (χ4v) is 1.32. The van der Waals surface area contributed by atoms with Gasteiger partial charge in [0.1, 0.15) is 11.0 Å². The molecular formula is C8H13ClN2O. The van der Waals surface area contributed by atoms with E-state index in [-0.39, 0.29) is 6.61 Å². The maximum atomic E-state index is 8.68. The van der Waals surface area contributed by atoms with Crippen molar-refractivity contribution in [3.05, 3.63) is 16.7 Å². The van der Waals surface area contributed by atoms with Gasteiger partial charge in [0, 0.05) is 19.4 Å². The Labute approximate surface area is 76.8 Å². The standard InChI is InChI=1S/C8H13ClN2O/c1-2-3-7-10-6(4-5-12)8(9)11-7/h12H,2-5H2,1H3,(H,10,11). The van der Waals surface area contributed by atoms with E-state index in [1.54, 1.807) is 0 Å². The number of nitrogens with one attached hydrogen (secondary N) is 1. The van der Waals surface area contributed by atoms with E-state index in [4.69, 9.17) is 16.7 Å². The third kappa shape index (κ3) is 2.22. The highest BCUT2D eigenvalue weighted by Crippen LogP contribution is 2.13. The lowest BCUT2D eigenvalue weighted by atomic mass is 10.3. The van der Waals surface area contributed by atoms with Crippen LogP contribution in [-0.4, -0.2) is 21.7 Å². The number of aliphatic hydroxyl groups excluding tert-OH is 1. The third-order valence-corrected chi connectivity index (χ3v) is 1.94. The van der Waals surface area contributed by atoms with Crippen molar-refractivity contribution in [1.82, 2.24) is 9.97 Å². The molecule has 0 radical (unpaired) electrons. The van der Waals surface area contributed by atoms with E-state index in [9.17, 15) is 0 Å². The van der Waals surface area contributed by atoms with Gasteiger partial charge in [0.15, 0.2) is 0 Å². The average Bonchev–Trinajstić information content (AvgIpc) is 2.34. The van der Waals surface area contributed by atoms with Crippen molar-refractivity contribution in [3.63, 3.8) is 0 Å². The monoisotopic (exact) mass is 188 g/mol. The summed E-state index contributed by atoms with van der Waals surface area (Å²) in [6.07, 6.45) is 2.50.